The van der Waals surface area contributed by atoms with E-state index in [1.54, 1.807) is 0 Å². The fraction of sp³-hybridized carbons (Fsp3) is 0.417. The van der Waals surface area contributed by atoms with E-state index >= 15 is 4.39 Å². The number of hydrogen-bond donors (Lipinski definition) is 0. The predicted octanol–water partition coefficient (Wildman–Crippen LogP) is 5.04. The lowest BCUT2D eigenvalue weighted by Gasteiger charge is -2.49. The Balaban J connectivity index is 1.85. The molecule has 0 amide bonds. The van der Waals surface area contributed by atoms with Gasteiger partial charge in [0.2, 0.25) is 10.0 Å². The third-order valence-corrected chi connectivity index (χ3v) is 11.6. The highest BCUT2D eigenvalue weighted by Gasteiger charge is 2.55. The van der Waals surface area contributed by atoms with Crippen molar-refractivity contribution in [3.63, 3.8) is 0 Å². The first-order valence-corrected chi connectivity index (χ1v) is 14.3. The largest absolute Gasteiger partial charge is 0.416 e. The van der Waals surface area contributed by atoms with Gasteiger partial charge in [-0.15, -0.1) is 6.58 Å². The lowest BCUT2D eigenvalue weighted by atomic mass is 9.73. The van der Waals surface area contributed by atoms with Crippen molar-refractivity contribution in [1.82, 2.24) is 4.31 Å². The van der Waals surface area contributed by atoms with Gasteiger partial charge in [0.15, 0.2) is 9.84 Å². The molecule has 4 rings (SSSR count). The molecule has 0 aromatic heterocycles. The maximum absolute atomic E-state index is 15.1. The minimum atomic E-state index is -4.69. The van der Waals surface area contributed by atoms with E-state index in [0.717, 1.165) is 30.3 Å². The highest BCUT2D eigenvalue weighted by Crippen LogP contribution is 2.52. The van der Waals surface area contributed by atoms with E-state index in [-0.39, 0.29) is 38.0 Å². The molecule has 36 heavy (non-hydrogen) atoms. The van der Waals surface area contributed by atoms with Crippen LogP contribution in [0.1, 0.15) is 36.8 Å². The molecule has 5 nitrogen and oxygen atoms in total. The molecule has 196 valence electrons. The predicted molar refractivity (Wildman–Crippen MR) is 123 cm³/mol. The SMILES string of the molecule is C=CCN1[C@H]2CC[C@@](c3cc(F)ccc3F)(S(=O)(=O)c3ccc(C(F)(F)F)cc3)C[C@H]2CCS1(=O)=O. The zero-order valence-corrected chi connectivity index (χ0v) is 20.6. The minimum Gasteiger partial charge on any atom is -0.223 e. The molecule has 3 atom stereocenters. The number of benzene rings is 2. The van der Waals surface area contributed by atoms with Crippen LogP contribution in [-0.2, 0) is 30.8 Å². The van der Waals surface area contributed by atoms with Gasteiger partial charge in [0.1, 0.15) is 16.4 Å². The van der Waals surface area contributed by atoms with Gasteiger partial charge in [-0.05, 0) is 74.1 Å². The summed E-state index contributed by atoms with van der Waals surface area (Å²) in [6.07, 6.45) is -3.58. The van der Waals surface area contributed by atoms with Crippen molar-refractivity contribution in [1.29, 1.82) is 0 Å². The van der Waals surface area contributed by atoms with Crippen LogP contribution >= 0.6 is 0 Å². The molecule has 0 radical (unpaired) electrons. The Morgan fingerprint density at radius 1 is 1.08 bits per heavy atom. The van der Waals surface area contributed by atoms with Gasteiger partial charge in [0.25, 0.3) is 0 Å². The topological polar surface area (TPSA) is 71.5 Å². The number of hydrogen-bond acceptors (Lipinski definition) is 4. The summed E-state index contributed by atoms with van der Waals surface area (Å²) in [5.74, 6) is -2.58. The first-order valence-electron chi connectivity index (χ1n) is 11.2. The third kappa shape index (κ3) is 4.47. The minimum absolute atomic E-state index is 0.0243. The lowest BCUT2D eigenvalue weighted by molar-refractivity contribution is -0.137. The van der Waals surface area contributed by atoms with Crippen LogP contribution in [-0.4, -0.2) is 39.5 Å². The van der Waals surface area contributed by atoms with E-state index in [0.29, 0.717) is 12.1 Å². The molecule has 2 aromatic rings. The fourth-order valence-corrected chi connectivity index (χ4v) is 9.55. The van der Waals surface area contributed by atoms with E-state index in [4.69, 9.17) is 0 Å². The standard InChI is InChI=1S/C24H24F5NO4S2/c1-2-12-30-22-9-11-23(15-16(22)10-13-35(30,31)32,20-14-18(25)5-8-21(20)26)36(33,34)19-6-3-17(4-7-19)24(27,28)29/h2-8,14,16,22H,1,9-13,15H2/t16-,22+,23-/m1/s1. The second-order valence-corrected chi connectivity index (χ2v) is 13.5. The summed E-state index contributed by atoms with van der Waals surface area (Å²) >= 11 is 0. The Morgan fingerprint density at radius 3 is 2.36 bits per heavy atom. The Kier molecular flexibility index (Phi) is 6.85. The lowest BCUT2D eigenvalue weighted by Crippen LogP contribution is -2.56. The van der Waals surface area contributed by atoms with Crippen molar-refractivity contribution < 1.29 is 38.8 Å². The Labute approximate surface area is 206 Å². The van der Waals surface area contributed by atoms with E-state index in [1.807, 2.05) is 0 Å². The number of alkyl halides is 3. The molecule has 1 aliphatic heterocycles. The quantitative estimate of drug-likeness (QED) is 0.387. The van der Waals surface area contributed by atoms with Crippen molar-refractivity contribution in [2.75, 3.05) is 12.3 Å². The van der Waals surface area contributed by atoms with Gasteiger partial charge in [0, 0.05) is 18.2 Å². The van der Waals surface area contributed by atoms with E-state index < -0.39 is 70.4 Å². The van der Waals surface area contributed by atoms with Crippen LogP contribution in [0.2, 0.25) is 0 Å². The first kappa shape index (κ1) is 26.7. The first-order chi connectivity index (χ1) is 16.7. The highest BCUT2D eigenvalue weighted by atomic mass is 32.2. The molecule has 1 saturated heterocycles. The molecule has 2 aliphatic rings. The van der Waals surface area contributed by atoms with Gasteiger partial charge in [-0.1, -0.05) is 6.08 Å². The van der Waals surface area contributed by atoms with Gasteiger partial charge >= 0.3 is 6.18 Å². The van der Waals surface area contributed by atoms with Crippen LogP contribution in [0, 0.1) is 17.6 Å². The van der Waals surface area contributed by atoms with Crippen molar-refractivity contribution in [2.24, 2.45) is 5.92 Å². The smallest absolute Gasteiger partial charge is 0.223 e. The van der Waals surface area contributed by atoms with Crippen molar-refractivity contribution >= 4 is 19.9 Å². The van der Waals surface area contributed by atoms with Crippen LogP contribution in [0.5, 0.6) is 0 Å². The van der Waals surface area contributed by atoms with E-state index in [1.165, 1.54) is 10.4 Å². The molecular formula is C24H24F5NO4S2. The Hall–Kier alpha value is -2.31. The highest BCUT2D eigenvalue weighted by molar-refractivity contribution is 7.92. The van der Waals surface area contributed by atoms with Crippen LogP contribution < -0.4 is 0 Å². The summed E-state index contributed by atoms with van der Waals surface area (Å²) < 4.78 is 121. The maximum atomic E-state index is 15.1. The second-order valence-electron chi connectivity index (χ2n) is 9.18. The summed E-state index contributed by atoms with van der Waals surface area (Å²) in [4.78, 5) is -0.455. The second kappa shape index (κ2) is 9.21. The van der Waals surface area contributed by atoms with E-state index in [9.17, 15) is 34.4 Å². The molecule has 1 aliphatic carbocycles. The zero-order valence-electron chi connectivity index (χ0n) is 19.0. The molecule has 0 bridgehead atoms. The normalized spacial score (nSPS) is 26.8. The van der Waals surface area contributed by atoms with E-state index in [2.05, 4.69) is 6.58 Å². The zero-order chi connectivity index (χ0) is 26.5. The number of fused-ring (bicyclic) bond motifs is 1. The van der Waals surface area contributed by atoms with Gasteiger partial charge in [-0.25, -0.2) is 25.6 Å². The average molecular weight is 550 g/mol. The van der Waals surface area contributed by atoms with Gasteiger partial charge in [-0.3, -0.25) is 0 Å². The fourth-order valence-electron chi connectivity index (χ4n) is 5.48. The molecule has 2 fully saturated rings. The Morgan fingerprint density at radius 2 is 1.75 bits per heavy atom. The van der Waals surface area contributed by atoms with Gasteiger partial charge in [0.05, 0.1) is 16.2 Å². The van der Waals surface area contributed by atoms with Crippen LogP contribution in [0.15, 0.2) is 60.0 Å². The van der Waals surface area contributed by atoms with Crippen LogP contribution in [0.3, 0.4) is 0 Å². The summed E-state index contributed by atoms with van der Waals surface area (Å²) in [5.41, 5.74) is -1.46. The third-order valence-electron chi connectivity index (χ3n) is 7.19. The Bertz CT molecular complexity index is 1370. The molecule has 1 heterocycles. The molecule has 2 aromatic carbocycles. The van der Waals surface area contributed by atoms with Crippen molar-refractivity contribution in [2.45, 2.75) is 47.5 Å². The maximum Gasteiger partial charge on any atom is 0.416 e. The number of halogens is 5. The molecule has 1 saturated carbocycles. The van der Waals surface area contributed by atoms with Gasteiger partial charge < -0.3 is 0 Å². The molecule has 0 spiro atoms. The monoisotopic (exact) mass is 549 g/mol. The average Bonchev–Trinajstić information content (AvgIpc) is 2.81. The molecule has 12 heteroatoms. The molecular weight excluding hydrogens is 525 g/mol. The summed E-state index contributed by atoms with van der Waals surface area (Å²) in [7, 11) is -8.16. The van der Waals surface area contributed by atoms with Crippen molar-refractivity contribution in [3.8, 4) is 0 Å². The number of sulfone groups is 1. The number of rotatable bonds is 5. The van der Waals surface area contributed by atoms with Gasteiger partial charge in [-0.2, -0.15) is 17.5 Å². The van der Waals surface area contributed by atoms with Crippen LogP contribution in [0.4, 0.5) is 22.0 Å². The summed E-state index contributed by atoms with van der Waals surface area (Å²) in [6, 6.07) is 4.81. The molecule has 0 unspecified atom stereocenters. The van der Waals surface area contributed by atoms with Crippen LogP contribution in [0.25, 0.3) is 0 Å². The molecule has 0 N–H and O–H groups in total. The summed E-state index contributed by atoms with van der Waals surface area (Å²) in [6.45, 7) is 3.61. The summed E-state index contributed by atoms with van der Waals surface area (Å²) in [5, 5.41) is 0. The number of sulfonamides is 1. The number of nitrogens with zero attached hydrogens (tertiary/aromatic N) is 1. The van der Waals surface area contributed by atoms with Crippen molar-refractivity contribution in [3.05, 3.63) is 77.9 Å².